The van der Waals surface area contributed by atoms with Gasteiger partial charge in [-0.15, -0.1) is 0 Å². The quantitative estimate of drug-likeness (QED) is 0.806. The van der Waals surface area contributed by atoms with E-state index >= 15 is 0 Å². The van der Waals surface area contributed by atoms with Gasteiger partial charge in [0.15, 0.2) is 0 Å². The molecule has 0 unspecified atom stereocenters. The summed E-state index contributed by atoms with van der Waals surface area (Å²) in [5.74, 6) is 0. The molecule has 1 aliphatic carbocycles. The first-order valence-electron chi connectivity index (χ1n) is 6.21. The Kier molecular flexibility index (Phi) is 4.26. The lowest BCUT2D eigenvalue weighted by atomic mass is 9.90. The van der Waals surface area contributed by atoms with Crippen LogP contribution in [-0.4, -0.2) is 24.5 Å². The number of fused-ring (bicyclic) bond motifs is 1. The van der Waals surface area contributed by atoms with Gasteiger partial charge in [-0.05, 0) is 24.8 Å². The van der Waals surface area contributed by atoms with Gasteiger partial charge >= 0.3 is 12.2 Å². The average molecular weight is 285 g/mol. The van der Waals surface area contributed by atoms with E-state index in [0.29, 0.717) is 12.1 Å². The van der Waals surface area contributed by atoms with Crippen LogP contribution in [0.2, 0.25) is 0 Å². The van der Waals surface area contributed by atoms with Crippen molar-refractivity contribution in [3.63, 3.8) is 0 Å². The summed E-state index contributed by atoms with van der Waals surface area (Å²) in [7, 11) is 0. The maximum atomic E-state index is 11.9. The van der Waals surface area contributed by atoms with E-state index in [1.165, 1.54) is 0 Å². The number of nitrogens with zero attached hydrogens (tertiary/aromatic N) is 1. The van der Waals surface area contributed by atoms with Crippen molar-refractivity contribution in [3.8, 4) is 0 Å². The number of halogens is 3. The molecule has 7 heteroatoms. The number of hydrogen-bond acceptors (Lipinski definition) is 2. The van der Waals surface area contributed by atoms with E-state index in [2.05, 4.69) is 10.5 Å². The molecular weight excluding hydrogens is 271 g/mol. The lowest BCUT2D eigenvalue weighted by Gasteiger charge is -2.17. The van der Waals surface area contributed by atoms with Crippen LogP contribution in [0.3, 0.4) is 0 Å². The van der Waals surface area contributed by atoms with Gasteiger partial charge in [0.25, 0.3) is 0 Å². The summed E-state index contributed by atoms with van der Waals surface area (Å²) in [4.78, 5) is 11.2. The van der Waals surface area contributed by atoms with Crippen LogP contribution in [0, 0.1) is 0 Å². The molecule has 0 spiro atoms. The number of hydrazone groups is 1. The second kappa shape index (κ2) is 5.94. The molecule has 1 aliphatic rings. The van der Waals surface area contributed by atoms with Gasteiger partial charge < -0.3 is 5.32 Å². The first-order valence-corrected chi connectivity index (χ1v) is 6.21. The van der Waals surface area contributed by atoms with E-state index in [1.807, 2.05) is 24.3 Å². The van der Waals surface area contributed by atoms with Crippen LogP contribution in [0.25, 0.3) is 0 Å². The van der Waals surface area contributed by atoms with E-state index < -0.39 is 18.8 Å². The highest BCUT2D eigenvalue weighted by Crippen LogP contribution is 2.21. The summed E-state index contributed by atoms with van der Waals surface area (Å²) in [6.07, 6.45) is -1.89. The van der Waals surface area contributed by atoms with Crippen molar-refractivity contribution in [2.45, 2.75) is 25.4 Å². The minimum atomic E-state index is -4.43. The zero-order valence-electron chi connectivity index (χ0n) is 10.6. The lowest BCUT2D eigenvalue weighted by Crippen LogP contribution is -2.39. The van der Waals surface area contributed by atoms with E-state index in [-0.39, 0.29) is 0 Å². The zero-order chi connectivity index (χ0) is 14.6. The van der Waals surface area contributed by atoms with Gasteiger partial charge in [0.1, 0.15) is 6.54 Å². The molecule has 0 aliphatic heterocycles. The van der Waals surface area contributed by atoms with Crippen LogP contribution in [-0.2, 0) is 6.42 Å². The van der Waals surface area contributed by atoms with Gasteiger partial charge in [0.05, 0.1) is 5.71 Å². The molecule has 0 bridgehead atoms. The summed E-state index contributed by atoms with van der Waals surface area (Å²) >= 11 is 0. The summed E-state index contributed by atoms with van der Waals surface area (Å²) < 4.78 is 35.8. The second-order valence-electron chi connectivity index (χ2n) is 4.48. The molecule has 0 aromatic heterocycles. The van der Waals surface area contributed by atoms with Crippen molar-refractivity contribution < 1.29 is 18.0 Å². The number of alkyl halides is 3. The molecule has 2 rings (SSSR count). The molecule has 0 radical (unpaired) electrons. The predicted octanol–water partition coefficient (Wildman–Crippen LogP) is 2.59. The number of carbonyl (C=O) groups is 1. The average Bonchev–Trinajstić information content (AvgIpc) is 2.42. The highest BCUT2D eigenvalue weighted by Gasteiger charge is 2.27. The van der Waals surface area contributed by atoms with Crippen molar-refractivity contribution in [3.05, 3.63) is 35.4 Å². The van der Waals surface area contributed by atoms with Gasteiger partial charge in [-0.1, -0.05) is 24.3 Å². The van der Waals surface area contributed by atoms with Gasteiger partial charge in [0, 0.05) is 5.56 Å². The molecule has 2 amide bonds. The number of hydrogen-bond donors (Lipinski definition) is 2. The van der Waals surface area contributed by atoms with Gasteiger partial charge in [-0.25, -0.2) is 10.2 Å². The normalized spacial score (nSPS) is 16.6. The maximum Gasteiger partial charge on any atom is 0.405 e. The fraction of sp³-hybridized carbons (Fsp3) is 0.385. The van der Waals surface area contributed by atoms with Crippen LogP contribution in [0.5, 0.6) is 0 Å². The Morgan fingerprint density at radius 2 is 2.00 bits per heavy atom. The monoisotopic (exact) mass is 285 g/mol. The van der Waals surface area contributed by atoms with E-state index in [4.69, 9.17) is 0 Å². The number of urea groups is 1. The van der Waals surface area contributed by atoms with Gasteiger partial charge in [-0.2, -0.15) is 18.3 Å². The number of aryl methyl sites for hydroxylation is 1. The van der Waals surface area contributed by atoms with Gasteiger partial charge in [-0.3, -0.25) is 0 Å². The van der Waals surface area contributed by atoms with Gasteiger partial charge in [0.2, 0.25) is 0 Å². The molecule has 0 fully saturated rings. The van der Waals surface area contributed by atoms with Crippen LogP contribution in [0.1, 0.15) is 24.0 Å². The Hall–Kier alpha value is -2.05. The van der Waals surface area contributed by atoms with Crippen LogP contribution < -0.4 is 10.7 Å². The Morgan fingerprint density at radius 3 is 2.75 bits per heavy atom. The summed E-state index contributed by atoms with van der Waals surface area (Å²) in [6.45, 7) is -1.37. The number of carbonyl (C=O) groups excluding carboxylic acids is 1. The zero-order valence-corrected chi connectivity index (χ0v) is 10.6. The van der Waals surface area contributed by atoms with Crippen molar-refractivity contribution in [1.29, 1.82) is 0 Å². The number of rotatable bonds is 2. The number of nitrogens with one attached hydrogen (secondary N) is 2. The Balaban J connectivity index is 1.97. The van der Waals surface area contributed by atoms with Crippen LogP contribution in [0.15, 0.2) is 29.4 Å². The molecule has 2 N–H and O–H groups in total. The van der Waals surface area contributed by atoms with E-state index in [1.54, 1.807) is 5.32 Å². The molecule has 108 valence electrons. The SMILES string of the molecule is O=C(NCC(F)(F)F)N/N=C1/CCCc2ccccc21. The highest BCUT2D eigenvalue weighted by atomic mass is 19.4. The first kappa shape index (κ1) is 14.4. The molecule has 1 aromatic rings. The molecule has 4 nitrogen and oxygen atoms in total. The molecule has 20 heavy (non-hydrogen) atoms. The largest absolute Gasteiger partial charge is 0.405 e. The van der Waals surface area contributed by atoms with Crippen molar-refractivity contribution in [1.82, 2.24) is 10.7 Å². The smallest absolute Gasteiger partial charge is 0.328 e. The Bertz CT molecular complexity index is 526. The number of amides is 2. The molecule has 0 saturated carbocycles. The minimum Gasteiger partial charge on any atom is -0.328 e. The van der Waals surface area contributed by atoms with Crippen LogP contribution in [0.4, 0.5) is 18.0 Å². The maximum absolute atomic E-state index is 11.9. The molecule has 0 atom stereocenters. The third kappa shape index (κ3) is 3.97. The highest BCUT2D eigenvalue weighted by molar-refractivity contribution is 6.03. The fourth-order valence-electron chi connectivity index (χ4n) is 2.06. The second-order valence-corrected chi connectivity index (χ2v) is 4.48. The van der Waals surface area contributed by atoms with Crippen molar-refractivity contribution >= 4 is 11.7 Å². The third-order valence-electron chi connectivity index (χ3n) is 2.93. The Morgan fingerprint density at radius 1 is 1.25 bits per heavy atom. The molecule has 1 aromatic carbocycles. The standard InChI is InChI=1S/C13H14F3N3O/c14-13(15,16)8-17-12(20)19-18-11-7-3-5-9-4-1-2-6-10(9)11/h1-2,4,6H,3,5,7-8H2,(H2,17,19,20)/b18-11-. The van der Waals surface area contributed by atoms with Crippen molar-refractivity contribution in [2.75, 3.05) is 6.54 Å². The first-order chi connectivity index (χ1) is 9.46. The van der Waals surface area contributed by atoms with E-state index in [0.717, 1.165) is 24.0 Å². The Labute approximate surface area is 114 Å². The number of benzene rings is 1. The third-order valence-corrected chi connectivity index (χ3v) is 2.93. The predicted molar refractivity (Wildman–Crippen MR) is 68.5 cm³/mol. The fourth-order valence-corrected chi connectivity index (χ4v) is 2.06. The molecule has 0 saturated heterocycles. The summed E-state index contributed by atoms with van der Waals surface area (Å²) in [5, 5.41) is 5.62. The minimum absolute atomic E-state index is 0.689. The van der Waals surface area contributed by atoms with E-state index in [9.17, 15) is 18.0 Å². The van der Waals surface area contributed by atoms with Crippen molar-refractivity contribution in [2.24, 2.45) is 5.10 Å². The topological polar surface area (TPSA) is 53.5 Å². The van der Waals surface area contributed by atoms with Crippen LogP contribution >= 0.6 is 0 Å². The summed E-state index contributed by atoms with van der Waals surface area (Å²) in [6, 6.07) is 6.70. The molecular formula is C13H14F3N3O. The lowest BCUT2D eigenvalue weighted by molar-refractivity contribution is -0.122. The summed E-state index contributed by atoms with van der Waals surface area (Å²) in [5.41, 5.74) is 4.87. The molecule has 0 heterocycles.